The van der Waals surface area contributed by atoms with Gasteiger partial charge in [0.2, 0.25) is 0 Å². The van der Waals surface area contributed by atoms with Crippen molar-refractivity contribution in [1.29, 1.82) is 0 Å². The molecular formula is C20H19N3O2. The zero-order valence-electron chi connectivity index (χ0n) is 14.1. The van der Waals surface area contributed by atoms with E-state index in [1.54, 1.807) is 0 Å². The lowest BCUT2D eigenvalue weighted by atomic mass is 10.0. The van der Waals surface area contributed by atoms with Gasteiger partial charge in [0.1, 0.15) is 17.9 Å². The Morgan fingerprint density at radius 3 is 3.04 bits per heavy atom. The molecular weight excluding hydrogens is 314 g/mol. The number of anilines is 1. The standard InChI is InChI=1S/C20H19N3O2/c1-2-17(24)15-4-3-5-16-19(15)22-12-23-20(16)21-11-13-6-7-18-14(10-13)8-9-25-18/h3-7,10,12H,2,8-9,11H2,1H3,(H,21,22,23). The van der Waals surface area contributed by atoms with E-state index in [1.807, 2.05) is 31.2 Å². The number of rotatable bonds is 5. The minimum atomic E-state index is 0.0915. The van der Waals surface area contributed by atoms with E-state index in [9.17, 15) is 4.79 Å². The molecule has 2 heterocycles. The summed E-state index contributed by atoms with van der Waals surface area (Å²) in [6.45, 7) is 3.28. The van der Waals surface area contributed by atoms with E-state index in [1.165, 1.54) is 17.5 Å². The molecule has 0 bridgehead atoms. The second-order valence-corrected chi connectivity index (χ2v) is 6.09. The summed E-state index contributed by atoms with van der Waals surface area (Å²) < 4.78 is 5.55. The normalized spacial score (nSPS) is 12.7. The fourth-order valence-corrected chi connectivity index (χ4v) is 3.18. The molecule has 1 N–H and O–H groups in total. The van der Waals surface area contributed by atoms with Crippen molar-refractivity contribution in [1.82, 2.24) is 9.97 Å². The lowest BCUT2D eigenvalue weighted by Gasteiger charge is -2.11. The summed E-state index contributed by atoms with van der Waals surface area (Å²) in [5, 5.41) is 4.24. The number of hydrogen-bond donors (Lipinski definition) is 1. The van der Waals surface area contributed by atoms with Gasteiger partial charge in [0.25, 0.3) is 0 Å². The predicted molar refractivity (Wildman–Crippen MR) is 97.1 cm³/mol. The first-order valence-corrected chi connectivity index (χ1v) is 8.51. The smallest absolute Gasteiger partial charge is 0.164 e. The summed E-state index contributed by atoms with van der Waals surface area (Å²) in [4.78, 5) is 20.8. The van der Waals surface area contributed by atoms with Crippen molar-refractivity contribution in [2.24, 2.45) is 0 Å². The number of Topliss-reactive ketones (excluding diaryl/α,β-unsaturated/α-hetero) is 1. The predicted octanol–water partition coefficient (Wildman–Crippen LogP) is 3.77. The molecule has 3 aromatic rings. The van der Waals surface area contributed by atoms with Gasteiger partial charge in [-0.1, -0.05) is 25.1 Å². The molecule has 0 saturated heterocycles. The number of nitrogens with zero attached hydrogens (tertiary/aromatic N) is 2. The quantitative estimate of drug-likeness (QED) is 0.720. The van der Waals surface area contributed by atoms with Crippen molar-refractivity contribution in [2.45, 2.75) is 26.3 Å². The monoisotopic (exact) mass is 333 g/mol. The fourth-order valence-electron chi connectivity index (χ4n) is 3.18. The Morgan fingerprint density at radius 1 is 1.24 bits per heavy atom. The Balaban J connectivity index is 1.62. The van der Waals surface area contributed by atoms with Crippen molar-refractivity contribution in [3.05, 3.63) is 59.4 Å². The first kappa shape index (κ1) is 15.6. The Hall–Kier alpha value is -2.95. The number of carbonyl (C=O) groups is 1. The minimum absolute atomic E-state index is 0.0915. The summed E-state index contributed by atoms with van der Waals surface area (Å²) in [6.07, 6.45) is 2.93. The van der Waals surface area contributed by atoms with E-state index in [2.05, 4.69) is 27.4 Å². The van der Waals surface area contributed by atoms with Crippen LogP contribution in [0.5, 0.6) is 5.75 Å². The molecule has 0 aliphatic carbocycles. The molecule has 1 aliphatic heterocycles. The zero-order valence-corrected chi connectivity index (χ0v) is 14.1. The Bertz CT molecular complexity index is 953. The van der Waals surface area contributed by atoms with Crippen LogP contribution in [0.4, 0.5) is 5.82 Å². The topological polar surface area (TPSA) is 64.1 Å². The van der Waals surface area contributed by atoms with Crippen LogP contribution in [0, 0.1) is 0 Å². The molecule has 0 fully saturated rings. The van der Waals surface area contributed by atoms with Crippen molar-refractivity contribution in [2.75, 3.05) is 11.9 Å². The van der Waals surface area contributed by atoms with Gasteiger partial charge in [0, 0.05) is 30.3 Å². The molecule has 1 aliphatic rings. The third-order valence-corrected chi connectivity index (χ3v) is 4.50. The number of carbonyl (C=O) groups excluding carboxylic acids is 1. The van der Waals surface area contributed by atoms with Gasteiger partial charge in [-0.3, -0.25) is 4.79 Å². The molecule has 5 nitrogen and oxygen atoms in total. The maximum atomic E-state index is 12.1. The molecule has 0 saturated carbocycles. The van der Waals surface area contributed by atoms with Crippen LogP contribution in [0.3, 0.4) is 0 Å². The van der Waals surface area contributed by atoms with Gasteiger partial charge in [-0.15, -0.1) is 0 Å². The van der Waals surface area contributed by atoms with Gasteiger partial charge >= 0.3 is 0 Å². The van der Waals surface area contributed by atoms with Crippen LogP contribution in [0.25, 0.3) is 10.9 Å². The van der Waals surface area contributed by atoms with Gasteiger partial charge in [-0.25, -0.2) is 9.97 Å². The van der Waals surface area contributed by atoms with Crippen LogP contribution in [0.2, 0.25) is 0 Å². The van der Waals surface area contributed by atoms with Crippen LogP contribution in [0.15, 0.2) is 42.7 Å². The largest absolute Gasteiger partial charge is 0.493 e. The number of fused-ring (bicyclic) bond motifs is 2. The van der Waals surface area contributed by atoms with Crippen LogP contribution in [-0.2, 0) is 13.0 Å². The van der Waals surface area contributed by atoms with Crippen LogP contribution < -0.4 is 10.1 Å². The average molecular weight is 333 g/mol. The number of nitrogens with one attached hydrogen (secondary N) is 1. The van der Waals surface area contributed by atoms with E-state index >= 15 is 0 Å². The average Bonchev–Trinajstić information content (AvgIpc) is 3.13. The number of hydrogen-bond acceptors (Lipinski definition) is 5. The van der Waals surface area contributed by atoms with Crippen molar-refractivity contribution >= 4 is 22.5 Å². The molecule has 25 heavy (non-hydrogen) atoms. The highest BCUT2D eigenvalue weighted by Crippen LogP contribution is 2.27. The summed E-state index contributed by atoms with van der Waals surface area (Å²) in [5.41, 5.74) is 3.79. The summed E-state index contributed by atoms with van der Waals surface area (Å²) in [6, 6.07) is 11.9. The van der Waals surface area contributed by atoms with Gasteiger partial charge in [-0.05, 0) is 29.3 Å². The number of benzene rings is 2. The molecule has 0 spiro atoms. The molecule has 0 atom stereocenters. The Labute approximate surface area is 146 Å². The molecule has 4 rings (SSSR count). The summed E-state index contributed by atoms with van der Waals surface area (Å²) >= 11 is 0. The highest BCUT2D eigenvalue weighted by atomic mass is 16.5. The number of ether oxygens (including phenoxy) is 1. The maximum absolute atomic E-state index is 12.1. The van der Waals surface area contributed by atoms with Gasteiger partial charge in [0.05, 0.1) is 12.1 Å². The van der Waals surface area contributed by atoms with Crippen LogP contribution >= 0.6 is 0 Å². The lowest BCUT2D eigenvalue weighted by molar-refractivity contribution is 0.0989. The Morgan fingerprint density at radius 2 is 2.16 bits per heavy atom. The second-order valence-electron chi connectivity index (χ2n) is 6.09. The van der Waals surface area contributed by atoms with Gasteiger partial charge in [0.15, 0.2) is 5.78 Å². The molecule has 2 aromatic carbocycles. The highest BCUT2D eigenvalue weighted by molar-refractivity contribution is 6.08. The van der Waals surface area contributed by atoms with E-state index in [0.717, 1.165) is 30.0 Å². The van der Waals surface area contributed by atoms with Gasteiger partial charge < -0.3 is 10.1 Å². The molecule has 1 aromatic heterocycles. The minimum Gasteiger partial charge on any atom is -0.493 e. The third kappa shape index (κ3) is 2.93. The van der Waals surface area contributed by atoms with Crippen LogP contribution in [-0.4, -0.2) is 22.4 Å². The third-order valence-electron chi connectivity index (χ3n) is 4.50. The number of aromatic nitrogens is 2. The first-order chi connectivity index (χ1) is 12.3. The summed E-state index contributed by atoms with van der Waals surface area (Å²) in [7, 11) is 0. The molecule has 126 valence electrons. The van der Waals surface area contributed by atoms with Crippen molar-refractivity contribution in [3.8, 4) is 5.75 Å². The number of para-hydroxylation sites is 1. The van der Waals surface area contributed by atoms with Crippen molar-refractivity contribution < 1.29 is 9.53 Å². The van der Waals surface area contributed by atoms with E-state index < -0.39 is 0 Å². The van der Waals surface area contributed by atoms with E-state index in [4.69, 9.17) is 4.74 Å². The SMILES string of the molecule is CCC(=O)c1cccc2c(NCc3ccc4c(c3)CCO4)ncnc12. The first-order valence-electron chi connectivity index (χ1n) is 8.51. The van der Waals surface area contributed by atoms with Crippen molar-refractivity contribution in [3.63, 3.8) is 0 Å². The van der Waals surface area contributed by atoms with E-state index in [-0.39, 0.29) is 5.78 Å². The Kier molecular flexibility index (Phi) is 4.06. The summed E-state index contributed by atoms with van der Waals surface area (Å²) in [5.74, 6) is 1.82. The molecule has 0 unspecified atom stereocenters. The fraction of sp³-hybridized carbons (Fsp3) is 0.250. The molecule has 5 heteroatoms. The van der Waals surface area contributed by atoms with Gasteiger partial charge in [-0.2, -0.15) is 0 Å². The highest BCUT2D eigenvalue weighted by Gasteiger charge is 2.14. The second kappa shape index (κ2) is 6.51. The van der Waals surface area contributed by atoms with Crippen LogP contribution in [0.1, 0.15) is 34.8 Å². The van der Waals surface area contributed by atoms with E-state index in [0.29, 0.717) is 24.0 Å². The maximum Gasteiger partial charge on any atom is 0.164 e. The number of ketones is 1. The lowest BCUT2D eigenvalue weighted by Crippen LogP contribution is -2.05. The molecule has 0 amide bonds. The molecule has 0 radical (unpaired) electrons. The zero-order chi connectivity index (χ0) is 17.2.